The van der Waals surface area contributed by atoms with Crippen molar-refractivity contribution in [2.24, 2.45) is 0 Å². The van der Waals surface area contributed by atoms with Gasteiger partial charge in [0.15, 0.2) is 5.65 Å². The molecule has 11 heteroatoms. The van der Waals surface area contributed by atoms with Crippen LogP contribution in [0.25, 0.3) is 5.65 Å². The van der Waals surface area contributed by atoms with Gasteiger partial charge in [-0.15, -0.1) is 0 Å². The highest BCUT2D eigenvalue weighted by Gasteiger charge is 2.33. The number of ether oxygens (including phenoxy) is 1. The van der Waals surface area contributed by atoms with Crippen LogP contribution in [0.15, 0.2) is 30.5 Å². The molecule has 1 amide bonds. The van der Waals surface area contributed by atoms with Gasteiger partial charge in [-0.3, -0.25) is 9.20 Å². The van der Waals surface area contributed by atoms with Crippen molar-refractivity contribution in [1.29, 1.82) is 0 Å². The number of nitrogens with one attached hydrogen (secondary N) is 1. The van der Waals surface area contributed by atoms with E-state index in [1.165, 1.54) is 32.2 Å². The van der Waals surface area contributed by atoms with E-state index in [4.69, 9.17) is 23.2 Å². The van der Waals surface area contributed by atoms with Gasteiger partial charge in [-0.1, -0.05) is 23.2 Å². The zero-order chi connectivity index (χ0) is 21.5. The maximum atomic E-state index is 13.1. The van der Waals surface area contributed by atoms with Crippen LogP contribution in [0.3, 0.4) is 0 Å². The molecule has 0 fully saturated rings. The summed E-state index contributed by atoms with van der Waals surface area (Å²) in [4.78, 5) is 28.6. The number of halogens is 5. The third-order valence-corrected chi connectivity index (χ3v) is 4.64. The molecule has 0 saturated carbocycles. The quantitative estimate of drug-likeness (QED) is 0.575. The highest BCUT2D eigenvalue weighted by Crippen LogP contribution is 2.33. The lowest BCUT2D eigenvalue weighted by Crippen LogP contribution is -2.17. The van der Waals surface area contributed by atoms with Crippen molar-refractivity contribution in [3.05, 3.63) is 63.0 Å². The summed E-state index contributed by atoms with van der Waals surface area (Å²) in [6.45, 7) is 1.46. The lowest BCUT2D eigenvalue weighted by atomic mass is 10.2. The van der Waals surface area contributed by atoms with Crippen molar-refractivity contribution in [2.75, 3.05) is 12.4 Å². The molecule has 0 unspecified atom stereocenters. The second-order valence-corrected chi connectivity index (χ2v) is 6.77. The average Bonchev–Trinajstić information content (AvgIpc) is 2.98. The number of benzene rings is 1. The van der Waals surface area contributed by atoms with Gasteiger partial charge in [0.1, 0.15) is 5.69 Å². The van der Waals surface area contributed by atoms with Crippen LogP contribution in [0.1, 0.15) is 32.1 Å². The standard InChI is InChI=1S/C18H12Cl2F3N3O3/c1-8-14(26-7-10(18(21,22)23)6-12(20)15(26)24-8)16(27)25-13-5-9(17(28)29-2)3-4-11(13)19/h3-7H,1-2H3,(H,25,27). The third kappa shape index (κ3) is 4.01. The van der Waals surface area contributed by atoms with E-state index in [-0.39, 0.29) is 38.3 Å². The summed E-state index contributed by atoms with van der Waals surface area (Å²) < 4.78 is 45.0. The number of imidazole rings is 1. The molecule has 0 radical (unpaired) electrons. The Morgan fingerprint density at radius 2 is 1.86 bits per heavy atom. The summed E-state index contributed by atoms with van der Waals surface area (Å²) in [7, 11) is 1.19. The monoisotopic (exact) mass is 445 g/mol. The minimum Gasteiger partial charge on any atom is -0.465 e. The Kier molecular flexibility index (Phi) is 5.46. The van der Waals surface area contributed by atoms with E-state index in [2.05, 4.69) is 15.0 Å². The van der Waals surface area contributed by atoms with E-state index in [9.17, 15) is 22.8 Å². The van der Waals surface area contributed by atoms with Gasteiger partial charge in [-0.2, -0.15) is 13.2 Å². The Bertz CT molecular complexity index is 1140. The molecule has 1 aromatic carbocycles. The molecule has 2 heterocycles. The second kappa shape index (κ2) is 7.57. The Morgan fingerprint density at radius 1 is 1.17 bits per heavy atom. The van der Waals surface area contributed by atoms with Crippen LogP contribution in [-0.4, -0.2) is 28.4 Å². The Balaban J connectivity index is 2.07. The zero-order valence-electron chi connectivity index (χ0n) is 14.9. The average molecular weight is 446 g/mol. The summed E-state index contributed by atoms with van der Waals surface area (Å²) in [6.07, 6.45) is -3.93. The first-order valence-electron chi connectivity index (χ1n) is 7.97. The number of carbonyl (C=O) groups is 2. The number of hydrogen-bond acceptors (Lipinski definition) is 4. The fraction of sp³-hybridized carbons (Fsp3) is 0.167. The number of amides is 1. The van der Waals surface area contributed by atoms with Crippen LogP contribution >= 0.6 is 23.2 Å². The minimum atomic E-state index is -4.66. The van der Waals surface area contributed by atoms with Gasteiger partial charge >= 0.3 is 12.1 Å². The molecule has 2 aromatic heterocycles. The van der Waals surface area contributed by atoms with E-state index in [1.807, 2.05) is 0 Å². The highest BCUT2D eigenvalue weighted by molar-refractivity contribution is 6.34. The fourth-order valence-electron chi connectivity index (χ4n) is 2.69. The van der Waals surface area contributed by atoms with E-state index < -0.39 is 23.6 Å². The smallest absolute Gasteiger partial charge is 0.417 e. The number of nitrogens with zero attached hydrogens (tertiary/aromatic N) is 2. The van der Waals surface area contributed by atoms with Crippen molar-refractivity contribution in [3.8, 4) is 0 Å². The number of esters is 1. The molecule has 152 valence electrons. The number of anilines is 1. The molecular weight excluding hydrogens is 434 g/mol. The van der Waals surface area contributed by atoms with E-state index in [0.717, 1.165) is 16.7 Å². The predicted molar refractivity (Wildman–Crippen MR) is 101 cm³/mol. The van der Waals surface area contributed by atoms with Gasteiger partial charge in [0.05, 0.1) is 39.7 Å². The van der Waals surface area contributed by atoms with Gasteiger partial charge in [-0.05, 0) is 31.2 Å². The van der Waals surface area contributed by atoms with Gasteiger partial charge in [-0.25, -0.2) is 9.78 Å². The maximum absolute atomic E-state index is 13.1. The molecule has 6 nitrogen and oxygen atoms in total. The molecule has 1 N–H and O–H groups in total. The van der Waals surface area contributed by atoms with Crippen LogP contribution < -0.4 is 5.32 Å². The number of pyridine rings is 1. The predicted octanol–water partition coefficient (Wildman–Crippen LogP) is 5.01. The summed E-state index contributed by atoms with van der Waals surface area (Å²) in [5.41, 5.74) is -0.836. The number of methoxy groups -OCH3 is 1. The largest absolute Gasteiger partial charge is 0.465 e. The first-order chi connectivity index (χ1) is 13.5. The number of aryl methyl sites for hydroxylation is 1. The number of fused-ring (bicyclic) bond motifs is 1. The maximum Gasteiger partial charge on any atom is 0.417 e. The molecule has 3 rings (SSSR count). The number of alkyl halides is 3. The van der Waals surface area contributed by atoms with Crippen molar-refractivity contribution >= 4 is 46.4 Å². The molecule has 0 aliphatic carbocycles. The van der Waals surface area contributed by atoms with Crippen LogP contribution in [0, 0.1) is 6.92 Å². The van der Waals surface area contributed by atoms with Crippen molar-refractivity contribution < 1.29 is 27.5 Å². The Hall–Kier alpha value is -2.78. The van der Waals surface area contributed by atoms with Crippen molar-refractivity contribution in [1.82, 2.24) is 9.38 Å². The first kappa shape index (κ1) is 20.9. The van der Waals surface area contributed by atoms with Crippen molar-refractivity contribution in [3.63, 3.8) is 0 Å². The second-order valence-electron chi connectivity index (χ2n) is 5.95. The molecule has 0 aliphatic rings. The Labute approximate surface area is 172 Å². The zero-order valence-corrected chi connectivity index (χ0v) is 16.4. The van der Waals surface area contributed by atoms with Gasteiger partial charge in [0, 0.05) is 6.20 Å². The number of hydrogen-bond donors (Lipinski definition) is 1. The molecule has 0 spiro atoms. The molecule has 0 atom stereocenters. The normalized spacial score (nSPS) is 11.6. The van der Waals surface area contributed by atoms with Crippen LogP contribution in [-0.2, 0) is 10.9 Å². The lowest BCUT2D eigenvalue weighted by Gasteiger charge is -2.11. The number of carbonyl (C=O) groups excluding carboxylic acids is 2. The van der Waals surface area contributed by atoms with Gasteiger partial charge in [0.2, 0.25) is 0 Å². The molecule has 3 aromatic rings. The topological polar surface area (TPSA) is 72.7 Å². The minimum absolute atomic E-state index is 0.00303. The number of rotatable bonds is 3. The fourth-order valence-corrected chi connectivity index (χ4v) is 3.11. The van der Waals surface area contributed by atoms with Gasteiger partial charge < -0.3 is 10.1 Å². The number of aromatic nitrogens is 2. The van der Waals surface area contributed by atoms with Crippen LogP contribution in [0.5, 0.6) is 0 Å². The van der Waals surface area contributed by atoms with E-state index in [0.29, 0.717) is 0 Å². The summed E-state index contributed by atoms with van der Waals surface area (Å²) in [5, 5.41) is 2.34. The highest BCUT2D eigenvalue weighted by atomic mass is 35.5. The molecule has 29 heavy (non-hydrogen) atoms. The lowest BCUT2D eigenvalue weighted by molar-refractivity contribution is -0.137. The van der Waals surface area contributed by atoms with Crippen molar-refractivity contribution in [2.45, 2.75) is 13.1 Å². The van der Waals surface area contributed by atoms with Gasteiger partial charge in [0.25, 0.3) is 5.91 Å². The molecule has 0 aliphatic heterocycles. The van der Waals surface area contributed by atoms with E-state index >= 15 is 0 Å². The summed E-state index contributed by atoms with van der Waals surface area (Å²) >= 11 is 12.0. The van der Waals surface area contributed by atoms with Crippen LogP contribution in [0.2, 0.25) is 10.0 Å². The SMILES string of the molecule is COC(=O)c1ccc(Cl)c(NC(=O)c2c(C)nc3c(Cl)cc(C(F)(F)F)cn23)c1. The molecular formula is C18H12Cl2F3N3O3. The summed E-state index contributed by atoms with van der Waals surface area (Å²) in [6, 6.07) is 4.81. The summed E-state index contributed by atoms with van der Waals surface area (Å²) in [5.74, 6) is -1.43. The van der Waals surface area contributed by atoms with Crippen LogP contribution in [0.4, 0.5) is 18.9 Å². The molecule has 0 bridgehead atoms. The Morgan fingerprint density at radius 3 is 2.48 bits per heavy atom. The van der Waals surface area contributed by atoms with E-state index in [1.54, 1.807) is 0 Å². The third-order valence-electron chi connectivity index (χ3n) is 4.03. The first-order valence-corrected chi connectivity index (χ1v) is 8.73. The molecule has 0 saturated heterocycles.